The molecule has 182 valence electrons. The maximum absolute atomic E-state index is 12.0. The summed E-state index contributed by atoms with van der Waals surface area (Å²) in [4.78, 5) is 47.3. The van der Waals surface area contributed by atoms with Gasteiger partial charge in [0.05, 0.1) is 6.61 Å². The fraction of sp³-hybridized carbons (Fsp3) is 0.565. The molecular weight excluding hydrogens is 436 g/mol. The number of rotatable bonds is 8. The fourth-order valence-corrected chi connectivity index (χ4v) is 3.66. The normalized spacial score (nSPS) is 24.4. The van der Waals surface area contributed by atoms with Crippen molar-refractivity contribution >= 4 is 23.9 Å². The van der Waals surface area contributed by atoms with Gasteiger partial charge in [-0.1, -0.05) is 11.6 Å². The topological polar surface area (TPSA) is 124 Å². The summed E-state index contributed by atoms with van der Waals surface area (Å²) < 4.78 is 33.5. The third-order valence-corrected chi connectivity index (χ3v) is 4.76. The molecule has 0 N–H and O–H groups in total. The van der Waals surface area contributed by atoms with Crippen molar-refractivity contribution in [1.29, 1.82) is 0 Å². The highest BCUT2D eigenvalue weighted by Crippen LogP contribution is 2.41. The molecule has 0 amide bonds. The van der Waals surface area contributed by atoms with Crippen molar-refractivity contribution in [2.24, 2.45) is 0 Å². The van der Waals surface area contributed by atoms with Gasteiger partial charge in [-0.15, -0.1) is 0 Å². The zero-order chi connectivity index (χ0) is 24.7. The van der Waals surface area contributed by atoms with Gasteiger partial charge in [-0.3, -0.25) is 19.2 Å². The number of esters is 4. The van der Waals surface area contributed by atoms with E-state index < -0.39 is 54.4 Å². The molecule has 0 saturated carbocycles. The van der Waals surface area contributed by atoms with Gasteiger partial charge in [0.2, 0.25) is 0 Å². The molecule has 10 heteroatoms. The molecule has 1 heterocycles. The van der Waals surface area contributed by atoms with Crippen LogP contribution in [0.2, 0.25) is 0 Å². The van der Waals surface area contributed by atoms with E-state index in [9.17, 15) is 19.2 Å². The second-order valence-corrected chi connectivity index (χ2v) is 7.59. The lowest BCUT2D eigenvalue weighted by Gasteiger charge is -2.44. The minimum atomic E-state index is -1.23. The lowest BCUT2D eigenvalue weighted by atomic mass is 9.89. The van der Waals surface area contributed by atoms with Crippen molar-refractivity contribution in [3.63, 3.8) is 0 Å². The summed E-state index contributed by atoms with van der Waals surface area (Å²) in [6.07, 6.45) is -5.61. The van der Waals surface area contributed by atoms with E-state index in [0.717, 1.165) is 5.56 Å². The summed E-state index contributed by atoms with van der Waals surface area (Å²) >= 11 is 0. The van der Waals surface area contributed by atoms with Crippen LogP contribution in [0.1, 0.15) is 51.8 Å². The molecule has 0 radical (unpaired) electrons. The molecule has 33 heavy (non-hydrogen) atoms. The molecule has 1 aliphatic rings. The summed E-state index contributed by atoms with van der Waals surface area (Å²) in [5.74, 6) is -2.12. The Morgan fingerprint density at radius 1 is 0.848 bits per heavy atom. The first-order valence-corrected chi connectivity index (χ1v) is 10.6. The number of carbonyl (C=O) groups is 4. The summed E-state index contributed by atoms with van der Waals surface area (Å²) in [5.41, 5.74) is 1.41. The summed E-state index contributed by atoms with van der Waals surface area (Å²) in [6.45, 7) is 8.54. The highest BCUT2D eigenvalue weighted by Gasteiger charge is 2.53. The molecule has 1 fully saturated rings. The summed E-state index contributed by atoms with van der Waals surface area (Å²) in [6, 6.07) is 5.40. The first-order valence-electron chi connectivity index (χ1n) is 10.6. The number of benzene rings is 1. The predicted octanol–water partition coefficient (Wildman–Crippen LogP) is 2.19. The van der Waals surface area contributed by atoms with Crippen molar-refractivity contribution in [2.45, 2.75) is 72.1 Å². The van der Waals surface area contributed by atoms with Crippen LogP contribution in [-0.4, -0.2) is 61.5 Å². The summed E-state index contributed by atoms with van der Waals surface area (Å²) in [5, 5.41) is 0. The van der Waals surface area contributed by atoms with Crippen LogP contribution >= 0.6 is 0 Å². The highest BCUT2D eigenvalue weighted by molar-refractivity contribution is 5.69. The van der Waals surface area contributed by atoms with Gasteiger partial charge in [-0.05, 0) is 26.0 Å². The van der Waals surface area contributed by atoms with Crippen molar-refractivity contribution in [2.75, 3.05) is 13.2 Å². The van der Waals surface area contributed by atoms with Gasteiger partial charge >= 0.3 is 23.9 Å². The molecule has 1 aromatic rings. The van der Waals surface area contributed by atoms with Gasteiger partial charge in [-0.2, -0.15) is 0 Å². The van der Waals surface area contributed by atoms with Crippen molar-refractivity contribution in [3.05, 3.63) is 29.3 Å². The molecule has 1 saturated heterocycles. The quantitative estimate of drug-likeness (QED) is 0.416. The van der Waals surface area contributed by atoms with Crippen LogP contribution < -0.4 is 4.74 Å². The van der Waals surface area contributed by atoms with E-state index in [0.29, 0.717) is 17.9 Å². The Hall–Kier alpha value is -3.14. The Morgan fingerprint density at radius 2 is 1.42 bits per heavy atom. The SMILES string of the molecule is CCOc1ccc(C)cc1C1OC(COC(C)=O)C(OC(C)=O)C(OC(C)=O)C1OC(C)=O. The van der Waals surface area contributed by atoms with Crippen molar-refractivity contribution in [3.8, 4) is 5.75 Å². The van der Waals surface area contributed by atoms with Gasteiger partial charge in [-0.25, -0.2) is 0 Å². The van der Waals surface area contributed by atoms with E-state index in [1.807, 2.05) is 19.9 Å². The van der Waals surface area contributed by atoms with Crippen molar-refractivity contribution < 1.29 is 47.6 Å². The number of hydrogen-bond acceptors (Lipinski definition) is 10. The zero-order valence-corrected chi connectivity index (χ0v) is 19.6. The minimum Gasteiger partial charge on any atom is -0.493 e. The molecule has 5 unspecified atom stereocenters. The summed E-state index contributed by atoms with van der Waals surface area (Å²) in [7, 11) is 0. The monoisotopic (exact) mass is 466 g/mol. The molecule has 2 rings (SSSR count). The van der Waals surface area contributed by atoms with Crippen LogP contribution in [-0.2, 0) is 42.9 Å². The average Bonchev–Trinajstić information content (AvgIpc) is 2.70. The van der Waals surface area contributed by atoms with Crippen LogP contribution in [0.15, 0.2) is 18.2 Å². The number of ether oxygens (including phenoxy) is 6. The Labute approximate surface area is 192 Å². The Bertz CT molecular complexity index is 880. The average molecular weight is 466 g/mol. The molecular formula is C23H30O10. The van der Waals surface area contributed by atoms with Crippen LogP contribution in [0.4, 0.5) is 0 Å². The fourth-order valence-electron chi connectivity index (χ4n) is 3.66. The van der Waals surface area contributed by atoms with E-state index in [1.165, 1.54) is 27.7 Å². The van der Waals surface area contributed by atoms with Crippen molar-refractivity contribution in [1.82, 2.24) is 0 Å². The zero-order valence-electron chi connectivity index (χ0n) is 19.6. The standard InChI is InChI=1S/C23H30O10/c1-7-28-18-9-8-12(2)10-17(18)20-22(31-15(5)26)23(32-16(6)27)21(30-14(4)25)19(33-20)11-29-13(3)24/h8-10,19-23H,7,11H2,1-6H3. The van der Waals surface area contributed by atoms with Gasteiger partial charge < -0.3 is 28.4 Å². The van der Waals surface area contributed by atoms with E-state index >= 15 is 0 Å². The molecule has 0 aromatic heterocycles. The molecule has 1 aliphatic heterocycles. The third kappa shape index (κ3) is 7.18. The second-order valence-electron chi connectivity index (χ2n) is 7.59. The highest BCUT2D eigenvalue weighted by atomic mass is 16.7. The Kier molecular flexibility index (Phi) is 9.22. The van der Waals surface area contributed by atoms with Gasteiger partial charge in [0, 0.05) is 33.3 Å². The van der Waals surface area contributed by atoms with Crippen LogP contribution in [0.3, 0.4) is 0 Å². The first kappa shape index (κ1) is 26.1. The van der Waals surface area contributed by atoms with Crippen LogP contribution in [0.25, 0.3) is 0 Å². The first-order chi connectivity index (χ1) is 15.5. The molecule has 1 aromatic carbocycles. The lowest BCUT2D eigenvalue weighted by Crippen LogP contribution is -2.59. The smallest absolute Gasteiger partial charge is 0.303 e. The maximum atomic E-state index is 12.0. The van der Waals surface area contributed by atoms with E-state index in [2.05, 4.69) is 0 Å². The Balaban J connectivity index is 2.64. The number of aryl methyl sites for hydroxylation is 1. The predicted molar refractivity (Wildman–Crippen MR) is 113 cm³/mol. The Morgan fingerprint density at radius 3 is 1.97 bits per heavy atom. The van der Waals surface area contributed by atoms with E-state index in [4.69, 9.17) is 28.4 Å². The minimum absolute atomic E-state index is 0.288. The maximum Gasteiger partial charge on any atom is 0.303 e. The molecule has 0 aliphatic carbocycles. The molecule has 0 bridgehead atoms. The molecule has 0 spiro atoms. The van der Waals surface area contributed by atoms with E-state index in [-0.39, 0.29) is 6.61 Å². The largest absolute Gasteiger partial charge is 0.493 e. The lowest BCUT2D eigenvalue weighted by molar-refractivity contribution is -0.254. The van der Waals surface area contributed by atoms with Gasteiger partial charge in [0.15, 0.2) is 18.3 Å². The molecule has 10 nitrogen and oxygen atoms in total. The number of hydrogen-bond donors (Lipinski definition) is 0. The van der Waals surface area contributed by atoms with E-state index in [1.54, 1.807) is 12.1 Å². The molecule has 5 atom stereocenters. The third-order valence-electron chi connectivity index (χ3n) is 4.76. The van der Waals surface area contributed by atoms with Crippen LogP contribution in [0, 0.1) is 6.92 Å². The van der Waals surface area contributed by atoms with Gasteiger partial charge in [0.1, 0.15) is 24.6 Å². The number of carbonyl (C=O) groups excluding carboxylic acids is 4. The van der Waals surface area contributed by atoms with Crippen LogP contribution in [0.5, 0.6) is 5.75 Å². The second kappa shape index (κ2) is 11.6. The van der Waals surface area contributed by atoms with Gasteiger partial charge in [0.25, 0.3) is 0 Å².